The highest BCUT2D eigenvalue weighted by molar-refractivity contribution is 9.10. The van der Waals surface area contributed by atoms with Crippen LogP contribution in [0.1, 0.15) is 21.6 Å². The molecular weight excluding hydrogens is 395 g/mol. The number of hydrogen-bond acceptors (Lipinski definition) is 1. The number of nitrogens with one attached hydrogen (secondary N) is 1. The summed E-state index contributed by atoms with van der Waals surface area (Å²) >= 11 is 9.81. The number of carbonyl (C=O) groups excluding carboxylic acids is 1. The number of halogens is 3. The zero-order valence-electron chi connectivity index (χ0n) is 12.6. The molecule has 3 aromatic rings. The van der Waals surface area contributed by atoms with Crippen LogP contribution >= 0.6 is 27.5 Å². The molecule has 6 heteroatoms. The molecule has 0 atom stereocenters. The van der Waals surface area contributed by atoms with E-state index in [2.05, 4.69) is 20.9 Å². The van der Waals surface area contributed by atoms with E-state index in [1.165, 1.54) is 6.07 Å². The highest BCUT2D eigenvalue weighted by Gasteiger charge is 2.27. The van der Waals surface area contributed by atoms with Crippen LogP contribution in [0.15, 0.2) is 40.9 Å². The number of hydrogen-bond donors (Lipinski definition) is 1. The van der Waals surface area contributed by atoms with Crippen LogP contribution in [0.3, 0.4) is 0 Å². The van der Waals surface area contributed by atoms with Crippen molar-refractivity contribution in [3.05, 3.63) is 68.5 Å². The third-order valence-electron chi connectivity index (χ3n) is 4.41. The molecule has 0 fully saturated rings. The number of carbonyl (C=O) groups is 1. The summed E-state index contributed by atoms with van der Waals surface area (Å²) in [6.45, 7) is 0.806. The van der Waals surface area contributed by atoms with Crippen LogP contribution in [0.25, 0.3) is 10.9 Å². The Hall–Kier alpha value is -1.85. The summed E-state index contributed by atoms with van der Waals surface area (Å²) in [5.41, 5.74) is 2.71. The monoisotopic (exact) mass is 406 g/mol. The number of benzene rings is 2. The molecule has 122 valence electrons. The van der Waals surface area contributed by atoms with Crippen molar-refractivity contribution in [3.8, 4) is 0 Å². The fourth-order valence-corrected chi connectivity index (χ4v) is 3.80. The molecule has 2 heterocycles. The first-order valence-electron chi connectivity index (χ1n) is 7.57. The number of aromatic amines is 1. The lowest BCUT2D eigenvalue weighted by Gasteiger charge is -2.28. The van der Waals surface area contributed by atoms with Gasteiger partial charge in [0.15, 0.2) is 0 Å². The molecule has 1 aliphatic heterocycles. The highest BCUT2D eigenvalue weighted by atomic mass is 79.9. The van der Waals surface area contributed by atoms with Gasteiger partial charge in [0.05, 0.1) is 5.02 Å². The van der Waals surface area contributed by atoms with Crippen LogP contribution in [0, 0.1) is 5.82 Å². The van der Waals surface area contributed by atoms with E-state index in [4.69, 9.17) is 11.6 Å². The minimum atomic E-state index is -0.267. The van der Waals surface area contributed by atoms with E-state index >= 15 is 0 Å². The zero-order chi connectivity index (χ0) is 16.8. The molecule has 4 rings (SSSR count). The quantitative estimate of drug-likeness (QED) is 0.610. The molecule has 0 saturated carbocycles. The maximum absolute atomic E-state index is 14.0. The fourth-order valence-electron chi connectivity index (χ4n) is 3.15. The molecular formula is C18H13BrClFN2O. The largest absolute Gasteiger partial charge is 0.349 e. The van der Waals surface area contributed by atoms with Crippen molar-refractivity contribution in [1.82, 2.24) is 9.88 Å². The van der Waals surface area contributed by atoms with Gasteiger partial charge in [-0.3, -0.25) is 4.79 Å². The van der Waals surface area contributed by atoms with E-state index in [1.54, 1.807) is 11.0 Å². The van der Waals surface area contributed by atoms with Crippen LogP contribution in [0.4, 0.5) is 4.39 Å². The normalized spacial score (nSPS) is 14.0. The van der Waals surface area contributed by atoms with Gasteiger partial charge in [-0.25, -0.2) is 4.39 Å². The molecule has 1 aromatic heterocycles. The van der Waals surface area contributed by atoms with Crippen LogP contribution in [-0.2, 0) is 13.0 Å². The van der Waals surface area contributed by atoms with E-state index in [9.17, 15) is 9.18 Å². The summed E-state index contributed by atoms with van der Waals surface area (Å²) in [5, 5.41) is 1.19. The van der Waals surface area contributed by atoms with E-state index in [1.807, 2.05) is 24.3 Å². The molecule has 0 unspecified atom stereocenters. The topological polar surface area (TPSA) is 36.1 Å². The first-order valence-corrected chi connectivity index (χ1v) is 8.74. The van der Waals surface area contributed by atoms with Gasteiger partial charge in [0.25, 0.3) is 5.91 Å². The predicted octanol–water partition coefficient (Wildman–Crippen LogP) is 4.92. The fraction of sp³-hybridized carbons (Fsp3) is 0.167. The van der Waals surface area contributed by atoms with Crippen molar-refractivity contribution in [2.45, 2.75) is 13.0 Å². The average molecular weight is 408 g/mol. The lowest BCUT2D eigenvalue weighted by atomic mass is 9.99. The Labute approximate surface area is 151 Å². The third kappa shape index (κ3) is 2.52. The molecule has 0 aliphatic carbocycles. The van der Waals surface area contributed by atoms with Crippen molar-refractivity contribution in [1.29, 1.82) is 0 Å². The molecule has 1 N–H and O–H groups in total. The summed E-state index contributed by atoms with van der Waals surface area (Å²) in [7, 11) is 0. The van der Waals surface area contributed by atoms with E-state index < -0.39 is 0 Å². The van der Waals surface area contributed by atoms with Crippen molar-refractivity contribution in [3.63, 3.8) is 0 Å². The summed E-state index contributed by atoms with van der Waals surface area (Å²) < 4.78 is 14.9. The van der Waals surface area contributed by atoms with Crippen LogP contribution in [0.5, 0.6) is 0 Å². The van der Waals surface area contributed by atoms with Crippen molar-refractivity contribution < 1.29 is 9.18 Å². The number of aromatic nitrogens is 1. The van der Waals surface area contributed by atoms with E-state index in [0.29, 0.717) is 29.2 Å². The van der Waals surface area contributed by atoms with Gasteiger partial charge in [-0.2, -0.15) is 0 Å². The van der Waals surface area contributed by atoms with Crippen LogP contribution < -0.4 is 0 Å². The van der Waals surface area contributed by atoms with Crippen LogP contribution in [0.2, 0.25) is 5.02 Å². The van der Waals surface area contributed by atoms with Crippen molar-refractivity contribution in [2.75, 3.05) is 6.54 Å². The van der Waals surface area contributed by atoms with Gasteiger partial charge in [0, 0.05) is 34.0 Å². The molecule has 0 bridgehead atoms. The van der Waals surface area contributed by atoms with Gasteiger partial charge in [-0.05, 0) is 36.2 Å². The molecule has 0 radical (unpaired) electrons. The minimum absolute atomic E-state index is 0.207. The van der Waals surface area contributed by atoms with E-state index in [-0.39, 0.29) is 18.3 Å². The molecule has 24 heavy (non-hydrogen) atoms. The van der Waals surface area contributed by atoms with Gasteiger partial charge >= 0.3 is 0 Å². The average Bonchev–Trinajstić information content (AvgIpc) is 2.91. The van der Waals surface area contributed by atoms with Gasteiger partial charge in [-0.1, -0.05) is 39.7 Å². The summed E-state index contributed by atoms with van der Waals surface area (Å²) in [6, 6.07) is 10.7. The predicted molar refractivity (Wildman–Crippen MR) is 95.9 cm³/mol. The summed E-state index contributed by atoms with van der Waals surface area (Å²) in [6.07, 6.45) is 0.641. The number of fused-ring (bicyclic) bond motifs is 2. The number of nitrogens with zero attached hydrogens (tertiary/aromatic N) is 1. The molecule has 0 saturated heterocycles. The Morgan fingerprint density at radius 3 is 2.96 bits per heavy atom. The highest BCUT2D eigenvalue weighted by Crippen LogP contribution is 2.31. The number of amides is 1. The summed E-state index contributed by atoms with van der Waals surface area (Å²) in [5.74, 6) is -0.474. The molecule has 2 aromatic carbocycles. The second-order valence-electron chi connectivity index (χ2n) is 5.86. The minimum Gasteiger partial charge on any atom is -0.349 e. The second-order valence-corrected chi connectivity index (χ2v) is 7.15. The Kier molecular flexibility index (Phi) is 3.85. The Bertz CT molecular complexity index is 969. The Balaban J connectivity index is 1.70. The zero-order valence-corrected chi connectivity index (χ0v) is 14.9. The van der Waals surface area contributed by atoms with Gasteiger partial charge in [0.2, 0.25) is 0 Å². The Morgan fingerprint density at radius 1 is 1.29 bits per heavy atom. The van der Waals surface area contributed by atoms with Gasteiger partial charge in [0.1, 0.15) is 11.5 Å². The molecule has 1 aliphatic rings. The lowest BCUT2D eigenvalue weighted by Crippen LogP contribution is -2.36. The van der Waals surface area contributed by atoms with Crippen molar-refractivity contribution in [2.24, 2.45) is 0 Å². The third-order valence-corrected chi connectivity index (χ3v) is 5.30. The second kappa shape index (κ2) is 5.90. The van der Waals surface area contributed by atoms with Crippen molar-refractivity contribution >= 4 is 44.3 Å². The summed E-state index contributed by atoms with van der Waals surface area (Å²) in [4.78, 5) is 17.6. The first kappa shape index (κ1) is 15.7. The molecule has 3 nitrogen and oxygen atoms in total. The maximum atomic E-state index is 14.0. The molecule has 1 amide bonds. The van der Waals surface area contributed by atoms with Gasteiger partial charge < -0.3 is 9.88 Å². The standard InChI is InChI=1S/C18H13BrClFN2O/c19-11-4-5-15-12(8-11)16(20)17(22-15)18(24)23-7-6-10-2-1-3-14(21)13(10)9-23/h1-5,8,22H,6-7,9H2. The maximum Gasteiger partial charge on any atom is 0.272 e. The molecule has 0 spiro atoms. The van der Waals surface area contributed by atoms with E-state index in [0.717, 1.165) is 20.9 Å². The smallest absolute Gasteiger partial charge is 0.272 e. The lowest BCUT2D eigenvalue weighted by molar-refractivity contribution is 0.0728. The number of H-pyrrole nitrogens is 1. The van der Waals surface area contributed by atoms with Gasteiger partial charge in [-0.15, -0.1) is 0 Å². The first-order chi connectivity index (χ1) is 11.5. The number of rotatable bonds is 1. The van der Waals surface area contributed by atoms with Crippen LogP contribution in [-0.4, -0.2) is 22.3 Å². The SMILES string of the molecule is O=C(c1[nH]c2ccc(Br)cc2c1Cl)N1CCc2cccc(F)c2C1. The Morgan fingerprint density at radius 2 is 2.12 bits per heavy atom.